The Morgan fingerprint density at radius 1 is 1.35 bits per heavy atom. The fourth-order valence-corrected chi connectivity index (χ4v) is 2.37. The predicted octanol–water partition coefficient (Wildman–Crippen LogP) is 1.36. The molecule has 108 valence electrons. The number of nitrogens with zero attached hydrogens (tertiary/aromatic N) is 1. The van der Waals surface area contributed by atoms with Crippen molar-refractivity contribution in [2.75, 3.05) is 19.6 Å². The average molecular weight is 297 g/mol. The number of rotatable bonds is 5. The van der Waals surface area contributed by atoms with Gasteiger partial charge in [0.05, 0.1) is 12.5 Å². The lowest BCUT2D eigenvalue weighted by Crippen LogP contribution is -2.36. The fourth-order valence-electron chi connectivity index (χ4n) is 2.24. The Morgan fingerprint density at radius 3 is 2.65 bits per heavy atom. The first kappa shape index (κ1) is 14.8. The molecule has 1 unspecified atom stereocenters. The van der Waals surface area contributed by atoms with Crippen molar-refractivity contribution in [1.29, 1.82) is 0 Å². The Bertz CT molecular complexity index is 490. The van der Waals surface area contributed by atoms with E-state index in [4.69, 9.17) is 16.7 Å². The zero-order valence-electron chi connectivity index (χ0n) is 11.0. The number of hydrogen-bond acceptors (Lipinski definition) is 3. The van der Waals surface area contributed by atoms with Crippen molar-refractivity contribution in [2.45, 2.75) is 13.0 Å². The van der Waals surface area contributed by atoms with Gasteiger partial charge in [0, 0.05) is 18.1 Å². The van der Waals surface area contributed by atoms with Crippen LogP contribution in [0.5, 0.6) is 0 Å². The standard InChI is InChI=1S/C14H17ClN2O3/c15-12-3-1-10(2-4-12)7-16-13(18)9-17-6-5-11(8-17)14(19)20/h1-4,11H,5-9H2,(H,16,18)(H,19,20). The molecule has 0 radical (unpaired) electrons. The minimum atomic E-state index is -0.783. The molecule has 1 amide bonds. The molecule has 0 bridgehead atoms. The minimum Gasteiger partial charge on any atom is -0.481 e. The molecule has 6 heteroatoms. The first-order valence-corrected chi connectivity index (χ1v) is 6.88. The topological polar surface area (TPSA) is 69.6 Å². The van der Waals surface area contributed by atoms with E-state index in [2.05, 4.69) is 5.32 Å². The summed E-state index contributed by atoms with van der Waals surface area (Å²) in [7, 11) is 0. The van der Waals surface area contributed by atoms with Gasteiger partial charge in [-0.1, -0.05) is 23.7 Å². The van der Waals surface area contributed by atoms with Gasteiger partial charge in [-0.05, 0) is 30.7 Å². The van der Waals surface area contributed by atoms with Gasteiger partial charge in [-0.15, -0.1) is 0 Å². The number of hydrogen-bond donors (Lipinski definition) is 2. The summed E-state index contributed by atoms with van der Waals surface area (Å²) in [5.41, 5.74) is 0.979. The maximum Gasteiger partial charge on any atom is 0.307 e. The number of carboxylic acid groups (broad SMARTS) is 1. The van der Waals surface area contributed by atoms with E-state index in [-0.39, 0.29) is 18.4 Å². The summed E-state index contributed by atoms with van der Waals surface area (Å²) in [6.45, 7) is 1.80. The highest BCUT2D eigenvalue weighted by Gasteiger charge is 2.28. The van der Waals surface area contributed by atoms with Gasteiger partial charge in [-0.3, -0.25) is 14.5 Å². The highest BCUT2D eigenvalue weighted by molar-refractivity contribution is 6.30. The lowest BCUT2D eigenvalue weighted by atomic mass is 10.1. The number of carbonyl (C=O) groups excluding carboxylic acids is 1. The van der Waals surface area contributed by atoms with E-state index in [0.29, 0.717) is 31.1 Å². The third-order valence-corrected chi connectivity index (χ3v) is 3.64. The van der Waals surface area contributed by atoms with Crippen LogP contribution >= 0.6 is 11.6 Å². The third-order valence-electron chi connectivity index (χ3n) is 3.39. The summed E-state index contributed by atoms with van der Waals surface area (Å²) in [5.74, 6) is -1.22. The molecule has 0 spiro atoms. The van der Waals surface area contributed by atoms with E-state index in [0.717, 1.165) is 5.56 Å². The molecule has 5 nitrogen and oxygen atoms in total. The molecule has 0 saturated carbocycles. The van der Waals surface area contributed by atoms with Crippen LogP contribution in [0.2, 0.25) is 5.02 Å². The summed E-state index contributed by atoms with van der Waals surface area (Å²) in [6, 6.07) is 7.28. The second-order valence-corrected chi connectivity index (χ2v) is 5.40. The van der Waals surface area contributed by atoms with Gasteiger partial charge >= 0.3 is 5.97 Å². The van der Waals surface area contributed by atoms with Crippen LogP contribution < -0.4 is 5.32 Å². The quantitative estimate of drug-likeness (QED) is 0.861. The summed E-state index contributed by atoms with van der Waals surface area (Å²) in [4.78, 5) is 24.5. The summed E-state index contributed by atoms with van der Waals surface area (Å²) >= 11 is 5.78. The number of aliphatic carboxylic acids is 1. The zero-order chi connectivity index (χ0) is 14.5. The molecule has 1 aromatic carbocycles. The van der Waals surface area contributed by atoms with Crippen LogP contribution in [-0.4, -0.2) is 41.5 Å². The van der Waals surface area contributed by atoms with Crippen LogP contribution in [0.4, 0.5) is 0 Å². The maximum absolute atomic E-state index is 11.8. The summed E-state index contributed by atoms with van der Waals surface area (Å²) < 4.78 is 0. The smallest absolute Gasteiger partial charge is 0.307 e. The van der Waals surface area contributed by atoms with Crippen molar-refractivity contribution >= 4 is 23.5 Å². The van der Waals surface area contributed by atoms with Crippen molar-refractivity contribution in [3.63, 3.8) is 0 Å². The minimum absolute atomic E-state index is 0.0917. The lowest BCUT2D eigenvalue weighted by molar-refractivity contribution is -0.141. The number of benzene rings is 1. The van der Waals surface area contributed by atoms with Crippen LogP contribution in [0.15, 0.2) is 24.3 Å². The number of carbonyl (C=O) groups is 2. The van der Waals surface area contributed by atoms with E-state index >= 15 is 0 Å². The van der Waals surface area contributed by atoms with Gasteiger partial charge in [-0.25, -0.2) is 0 Å². The first-order chi connectivity index (χ1) is 9.54. The van der Waals surface area contributed by atoms with E-state index < -0.39 is 5.97 Å². The van der Waals surface area contributed by atoms with Crippen molar-refractivity contribution in [1.82, 2.24) is 10.2 Å². The van der Waals surface area contributed by atoms with Crippen LogP contribution in [-0.2, 0) is 16.1 Å². The molecule has 1 heterocycles. The number of halogens is 1. The van der Waals surface area contributed by atoms with E-state index in [1.54, 1.807) is 12.1 Å². The number of amides is 1. The molecular weight excluding hydrogens is 280 g/mol. The highest BCUT2D eigenvalue weighted by Crippen LogP contribution is 2.15. The van der Waals surface area contributed by atoms with Gasteiger partial charge in [0.2, 0.25) is 5.91 Å². The summed E-state index contributed by atoms with van der Waals surface area (Å²) in [6.07, 6.45) is 0.611. The Kier molecular flexibility index (Phi) is 4.98. The number of nitrogens with one attached hydrogen (secondary N) is 1. The molecule has 1 atom stereocenters. The summed E-state index contributed by atoms with van der Waals surface area (Å²) in [5, 5.41) is 12.4. The second-order valence-electron chi connectivity index (χ2n) is 4.96. The van der Waals surface area contributed by atoms with Crippen molar-refractivity contribution in [3.05, 3.63) is 34.9 Å². The number of carboxylic acids is 1. The molecule has 1 aliphatic heterocycles. The van der Waals surface area contributed by atoms with Crippen LogP contribution in [0, 0.1) is 5.92 Å². The molecule has 0 aliphatic carbocycles. The Labute approximate surface area is 122 Å². The van der Waals surface area contributed by atoms with Crippen LogP contribution in [0.1, 0.15) is 12.0 Å². The Morgan fingerprint density at radius 2 is 2.05 bits per heavy atom. The van der Waals surface area contributed by atoms with Gasteiger partial charge in [0.15, 0.2) is 0 Å². The van der Waals surface area contributed by atoms with Crippen molar-refractivity contribution in [2.24, 2.45) is 5.92 Å². The molecule has 1 aliphatic rings. The maximum atomic E-state index is 11.8. The zero-order valence-corrected chi connectivity index (χ0v) is 11.8. The Balaban J connectivity index is 1.73. The van der Waals surface area contributed by atoms with E-state index in [1.165, 1.54) is 0 Å². The van der Waals surface area contributed by atoms with Crippen LogP contribution in [0.25, 0.3) is 0 Å². The van der Waals surface area contributed by atoms with E-state index in [9.17, 15) is 9.59 Å². The first-order valence-electron chi connectivity index (χ1n) is 6.51. The van der Waals surface area contributed by atoms with E-state index in [1.807, 2.05) is 17.0 Å². The normalized spacial score (nSPS) is 18.9. The van der Waals surface area contributed by atoms with Gasteiger partial charge < -0.3 is 10.4 Å². The van der Waals surface area contributed by atoms with Crippen molar-refractivity contribution < 1.29 is 14.7 Å². The Hall–Kier alpha value is -1.59. The molecule has 2 N–H and O–H groups in total. The molecule has 20 heavy (non-hydrogen) atoms. The molecule has 2 rings (SSSR count). The average Bonchev–Trinajstić information content (AvgIpc) is 2.87. The fraction of sp³-hybridized carbons (Fsp3) is 0.429. The van der Waals surface area contributed by atoms with Gasteiger partial charge in [-0.2, -0.15) is 0 Å². The lowest BCUT2D eigenvalue weighted by Gasteiger charge is -2.14. The van der Waals surface area contributed by atoms with Crippen LogP contribution in [0.3, 0.4) is 0 Å². The van der Waals surface area contributed by atoms with Crippen molar-refractivity contribution in [3.8, 4) is 0 Å². The largest absolute Gasteiger partial charge is 0.481 e. The molecule has 0 aromatic heterocycles. The SMILES string of the molecule is O=C(CN1CCC(C(=O)O)C1)NCc1ccc(Cl)cc1. The third kappa shape index (κ3) is 4.21. The second kappa shape index (κ2) is 6.72. The monoisotopic (exact) mass is 296 g/mol. The molecule has 1 saturated heterocycles. The van der Waals surface area contributed by atoms with Gasteiger partial charge in [0.25, 0.3) is 0 Å². The molecular formula is C14H17ClN2O3. The molecule has 1 fully saturated rings. The molecule has 1 aromatic rings. The van der Waals surface area contributed by atoms with Gasteiger partial charge in [0.1, 0.15) is 0 Å². The number of likely N-dealkylation sites (tertiary alicyclic amines) is 1. The predicted molar refractivity (Wildman–Crippen MR) is 75.5 cm³/mol. The highest BCUT2D eigenvalue weighted by atomic mass is 35.5.